The third-order valence-corrected chi connectivity index (χ3v) is 2.77. The summed E-state index contributed by atoms with van der Waals surface area (Å²) in [6, 6.07) is -2.62. The van der Waals surface area contributed by atoms with Crippen LogP contribution in [0.3, 0.4) is 0 Å². The molecular weight excluding hydrogens is 278 g/mol. The number of H-pyrrole nitrogens is 1. The lowest BCUT2D eigenvalue weighted by Gasteiger charge is -2.21. The van der Waals surface area contributed by atoms with E-state index in [0.29, 0.717) is 5.69 Å². The number of nitrogens with zero attached hydrogens (tertiary/aromatic N) is 1. The number of quaternary nitrogens is 1. The number of amides is 2. The Hall–Kier alpha value is -2.42. The SMILES string of the molecule is C[C@H]([NH3+])C(=O)N[C@@H](Cc1cnc[nH]1)C(=O)N[C@@H](C)C(=O)[O-]. The van der Waals surface area contributed by atoms with E-state index in [4.69, 9.17) is 0 Å². The third kappa shape index (κ3) is 5.22. The Kier molecular flexibility index (Phi) is 5.85. The lowest BCUT2D eigenvalue weighted by molar-refractivity contribution is -0.398. The van der Waals surface area contributed by atoms with E-state index in [1.165, 1.54) is 19.4 Å². The summed E-state index contributed by atoms with van der Waals surface area (Å²) in [5.41, 5.74) is 4.20. The van der Waals surface area contributed by atoms with E-state index in [9.17, 15) is 19.5 Å². The second-order valence-corrected chi connectivity index (χ2v) is 4.79. The van der Waals surface area contributed by atoms with Crippen molar-refractivity contribution in [3.63, 3.8) is 0 Å². The van der Waals surface area contributed by atoms with Crippen LogP contribution in [0.1, 0.15) is 19.5 Å². The van der Waals surface area contributed by atoms with Crippen molar-refractivity contribution >= 4 is 17.8 Å². The van der Waals surface area contributed by atoms with Crippen LogP contribution in [0, 0.1) is 0 Å². The van der Waals surface area contributed by atoms with Gasteiger partial charge in [0.1, 0.15) is 6.04 Å². The molecule has 0 aliphatic carbocycles. The van der Waals surface area contributed by atoms with Crippen molar-refractivity contribution in [2.75, 3.05) is 0 Å². The van der Waals surface area contributed by atoms with Crippen molar-refractivity contribution in [2.45, 2.75) is 38.4 Å². The van der Waals surface area contributed by atoms with E-state index >= 15 is 0 Å². The number of carboxylic acids is 1. The Labute approximate surface area is 121 Å². The van der Waals surface area contributed by atoms with Crippen LogP contribution in [0.2, 0.25) is 0 Å². The minimum absolute atomic E-state index is 0.157. The van der Waals surface area contributed by atoms with Crippen molar-refractivity contribution in [1.29, 1.82) is 0 Å². The summed E-state index contributed by atoms with van der Waals surface area (Å²) >= 11 is 0. The van der Waals surface area contributed by atoms with Crippen LogP contribution in [0.25, 0.3) is 0 Å². The third-order valence-electron chi connectivity index (χ3n) is 2.77. The smallest absolute Gasteiger partial charge is 0.278 e. The van der Waals surface area contributed by atoms with E-state index in [0.717, 1.165) is 0 Å². The number of imidazole rings is 1. The van der Waals surface area contributed by atoms with Gasteiger partial charge in [-0.05, 0) is 13.8 Å². The molecule has 0 saturated carbocycles. The first-order valence-electron chi connectivity index (χ1n) is 6.43. The average Bonchev–Trinajstić information content (AvgIpc) is 2.90. The predicted molar refractivity (Wildman–Crippen MR) is 69.2 cm³/mol. The summed E-state index contributed by atoms with van der Waals surface area (Å²) in [6.07, 6.45) is 3.12. The Balaban J connectivity index is 2.77. The van der Waals surface area contributed by atoms with Gasteiger partial charge in [0.2, 0.25) is 5.91 Å². The minimum atomic E-state index is -1.40. The maximum absolute atomic E-state index is 12.1. The molecule has 3 atom stereocenters. The molecule has 1 aromatic heterocycles. The van der Waals surface area contributed by atoms with Gasteiger partial charge < -0.3 is 31.3 Å². The van der Waals surface area contributed by atoms with Crippen LogP contribution in [0.15, 0.2) is 12.5 Å². The van der Waals surface area contributed by atoms with E-state index in [1.807, 2.05) is 0 Å². The van der Waals surface area contributed by atoms with Gasteiger partial charge in [-0.1, -0.05) is 0 Å². The van der Waals surface area contributed by atoms with E-state index in [-0.39, 0.29) is 6.42 Å². The second kappa shape index (κ2) is 7.39. The molecule has 0 aliphatic rings. The monoisotopic (exact) mass is 297 g/mol. The van der Waals surface area contributed by atoms with Gasteiger partial charge in [-0.15, -0.1) is 0 Å². The van der Waals surface area contributed by atoms with Crippen molar-refractivity contribution in [1.82, 2.24) is 20.6 Å². The molecule has 9 nitrogen and oxygen atoms in total. The number of rotatable bonds is 7. The molecule has 1 aromatic rings. The number of carboxylic acid groups (broad SMARTS) is 1. The van der Waals surface area contributed by atoms with Crippen molar-refractivity contribution in [3.8, 4) is 0 Å². The highest BCUT2D eigenvalue weighted by Gasteiger charge is 2.25. The molecule has 2 amide bonds. The van der Waals surface area contributed by atoms with E-state index < -0.39 is 35.9 Å². The molecule has 0 spiro atoms. The number of hydrogen-bond acceptors (Lipinski definition) is 5. The molecule has 0 aliphatic heterocycles. The first-order chi connectivity index (χ1) is 9.81. The molecular formula is C12H19N5O4. The zero-order valence-electron chi connectivity index (χ0n) is 11.9. The number of aliphatic carboxylic acids is 1. The number of carbonyl (C=O) groups excluding carboxylic acids is 3. The molecule has 9 heteroatoms. The Bertz CT molecular complexity index is 500. The molecule has 0 bridgehead atoms. The Morgan fingerprint density at radius 1 is 1.33 bits per heavy atom. The summed E-state index contributed by atoms with van der Waals surface area (Å²) in [6.45, 7) is 2.87. The fourth-order valence-corrected chi connectivity index (χ4v) is 1.51. The zero-order valence-corrected chi connectivity index (χ0v) is 11.9. The number of hydrogen-bond donors (Lipinski definition) is 4. The topological polar surface area (TPSA) is 155 Å². The molecule has 0 fully saturated rings. The van der Waals surface area contributed by atoms with E-state index in [2.05, 4.69) is 26.3 Å². The fourth-order valence-electron chi connectivity index (χ4n) is 1.51. The number of nitrogens with one attached hydrogen (secondary N) is 3. The molecule has 1 heterocycles. The van der Waals surface area contributed by atoms with Crippen LogP contribution in [-0.4, -0.2) is 45.9 Å². The van der Waals surface area contributed by atoms with Gasteiger partial charge in [-0.3, -0.25) is 9.59 Å². The zero-order chi connectivity index (χ0) is 16.0. The van der Waals surface area contributed by atoms with Gasteiger partial charge >= 0.3 is 0 Å². The highest BCUT2D eigenvalue weighted by molar-refractivity contribution is 5.91. The number of aromatic amines is 1. The summed E-state index contributed by atoms with van der Waals surface area (Å²) in [5.74, 6) is -2.42. The van der Waals surface area contributed by atoms with Crippen molar-refractivity contribution in [2.24, 2.45) is 0 Å². The molecule has 0 unspecified atom stereocenters. The molecule has 0 radical (unpaired) electrons. The van der Waals surface area contributed by atoms with Gasteiger partial charge in [-0.25, -0.2) is 4.98 Å². The molecule has 0 saturated heterocycles. The summed E-state index contributed by atoms with van der Waals surface area (Å²) in [4.78, 5) is 41.1. The van der Waals surface area contributed by atoms with Crippen LogP contribution < -0.4 is 21.5 Å². The summed E-state index contributed by atoms with van der Waals surface area (Å²) in [7, 11) is 0. The summed E-state index contributed by atoms with van der Waals surface area (Å²) < 4.78 is 0. The van der Waals surface area contributed by atoms with Crippen molar-refractivity contribution in [3.05, 3.63) is 18.2 Å². The Morgan fingerprint density at radius 2 is 2.00 bits per heavy atom. The normalized spacial score (nSPS) is 14.8. The van der Waals surface area contributed by atoms with Crippen LogP contribution in [-0.2, 0) is 20.8 Å². The quantitative estimate of drug-likeness (QED) is 0.408. The maximum Gasteiger partial charge on any atom is 0.278 e. The molecule has 1 rings (SSSR count). The maximum atomic E-state index is 12.1. The van der Waals surface area contributed by atoms with Crippen LogP contribution >= 0.6 is 0 Å². The van der Waals surface area contributed by atoms with Gasteiger partial charge in [0.25, 0.3) is 5.91 Å². The minimum Gasteiger partial charge on any atom is -0.548 e. The van der Waals surface area contributed by atoms with E-state index in [1.54, 1.807) is 6.92 Å². The van der Waals surface area contributed by atoms with Gasteiger partial charge in [0.05, 0.1) is 18.3 Å². The fraction of sp³-hybridized carbons (Fsp3) is 0.500. The second-order valence-electron chi connectivity index (χ2n) is 4.79. The first-order valence-corrected chi connectivity index (χ1v) is 6.43. The number of aromatic nitrogens is 2. The standard InChI is InChI=1S/C12H19N5O4/c1-6(13)10(18)17-9(3-8-4-14-5-15-8)11(19)16-7(2)12(20)21/h4-7,9H,3,13H2,1-2H3,(H,14,15)(H,16,19)(H,17,18)(H,20,21)/t6-,7-,9-/m0/s1. The van der Waals surface area contributed by atoms with Crippen molar-refractivity contribution < 1.29 is 25.2 Å². The molecule has 0 aromatic carbocycles. The van der Waals surface area contributed by atoms with Gasteiger partial charge in [-0.2, -0.15) is 0 Å². The van der Waals surface area contributed by atoms with Crippen LogP contribution in [0.4, 0.5) is 0 Å². The summed E-state index contributed by atoms with van der Waals surface area (Å²) in [5, 5.41) is 15.5. The first kappa shape index (κ1) is 16.6. The highest BCUT2D eigenvalue weighted by Crippen LogP contribution is 2.00. The largest absolute Gasteiger partial charge is 0.548 e. The molecule has 6 N–H and O–H groups in total. The molecule has 21 heavy (non-hydrogen) atoms. The highest BCUT2D eigenvalue weighted by atomic mass is 16.4. The van der Waals surface area contributed by atoms with Gasteiger partial charge in [0.15, 0.2) is 6.04 Å². The van der Waals surface area contributed by atoms with Gasteiger partial charge in [0, 0.05) is 18.3 Å². The van der Waals surface area contributed by atoms with Crippen LogP contribution in [0.5, 0.6) is 0 Å². The lowest BCUT2D eigenvalue weighted by Crippen LogP contribution is -2.67. The number of carbonyl (C=O) groups is 3. The average molecular weight is 297 g/mol. The Morgan fingerprint density at radius 3 is 2.48 bits per heavy atom. The predicted octanol–water partition coefficient (Wildman–Crippen LogP) is -3.68. The lowest BCUT2D eigenvalue weighted by atomic mass is 10.1. The molecule has 116 valence electrons.